The standard InChI is InChI=1S/C11H14F2N4O4/c1-6-4-16(2-3-21-6)7(18)5-17-9(10(12)13)8(11(19)20)14-15-17/h6,10H,2-5H2,1H3,(H,19,20). The Labute approximate surface area is 118 Å². The van der Waals surface area contributed by atoms with E-state index in [2.05, 4.69) is 10.3 Å². The number of ether oxygens (including phenoxy) is 1. The van der Waals surface area contributed by atoms with Crippen molar-refractivity contribution in [3.8, 4) is 0 Å². The van der Waals surface area contributed by atoms with Gasteiger partial charge in [-0.1, -0.05) is 5.21 Å². The zero-order chi connectivity index (χ0) is 15.6. The number of aromatic nitrogens is 3. The molecule has 10 heteroatoms. The Balaban J connectivity index is 2.15. The molecular formula is C11H14F2N4O4. The number of hydrogen-bond donors (Lipinski definition) is 1. The van der Waals surface area contributed by atoms with E-state index < -0.39 is 36.2 Å². The van der Waals surface area contributed by atoms with Gasteiger partial charge in [-0.2, -0.15) is 0 Å². The fourth-order valence-electron chi connectivity index (χ4n) is 2.08. The average Bonchev–Trinajstić information content (AvgIpc) is 2.82. The van der Waals surface area contributed by atoms with Crippen molar-refractivity contribution in [2.75, 3.05) is 19.7 Å². The summed E-state index contributed by atoms with van der Waals surface area (Å²) in [5.74, 6) is -2.04. The third kappa shape index (κ3) is 3.32. The van der Waals surface area contributed by atoms with Crippen molar-refractivity contribution >= 4 is 11.9 Å². The van der Waals surface area contributed by atoms with Crippen molar-refractivity contribution in [2.45, 2.75) is 26.0 Å². The lowest BCUT2D eigenvalue weighted by atomic mass is 10.3. The van der Waals surface area contributed by atoms with Crippen LogP contribution in [0.2, 0.25) is 0 Å². The molecule has 2 heterocycles. The number of halogens is 2. The number of hydrogen-bond acceptors (Lipinski definition) is 5. The first kappa shape index (κ1) is 15.3. The summed E-state index contributed by atoms with van der Waals surface area (Å²) in [6.07, 6.45) is -3.22. The van der Waals surface area contributed by atoms with Crippen LogP contribution in [0.3, 0.4) is 0 Å². The van der Waals surface area contributed by atoms with Crippen LogP contribution in [0.5, 0.6) is 0 Å². The van der Waals surface area contributed by atoms with Crippen LogP contribution in [0.1, 0.15) is 29.5 Å². The van der Waals surface area contributed by atoms with E-state index in [1.807, 2.05) is 0 Å². The zero-order valence-corrected chi connectivity index (χ0v) is 11.2. The number of carboxylic acids is 1. The maximum Gasteiger partial charge on any atom is 0.358 e. The van der Waals surface area contributed by atoms with Gasteiger partial charge in [0.15, 0.2) is 5.69 Å². The van der Waals surface area contributed by atoms with E-state index in [4.69, 9.17) is 9.84 Å². The van der Waals surface area contributed by atoms with Crippen molar-refractivity contribution in [1.82, 2.24) is 19.9 Å². The molecule has 116 valence electrons. The zero-order valence-electron chi connectivity index (χ0n) is 11.2. The summed E-state index contributed by atoms with van der Waals surface area (Å²) >= 11 is 0. The number of alkyl halides is 2. The molecule has 1 aliphatic rings. The summed E-state index contributed by atoms with van der Waals surface area (Å²) in [5.41, 5.74) is -1.70. The fraction of sp³-hybridized carbons (Fsp3) is 0.636. The Kier molecular flexibility index (Phi) is 4.46. The number of carbonyl (C=O) groups excluding carboxylic acids is 1. The summed E-state index contributed by atoms with van der Waals surface area (Å²) in [5, 5.41) is 15.3. The van der Waals surface area contributed by atoms with Crippen LogP contribution in [-0.2, 0) is 16.1 Å². The minimum absolute atomic E-state index is 0.136. The second kappa shape index (κ2) is 6.12. The van der Waals surface area contributed by atoms with E-state index in [9.17, 15) is 18.4 Å². The highest BCUT2D eigenvalue weighted by Crippen LogP contribution is 2.21. The van der Waals surface area contributed by atoms with E-state index in [1.54, 1.807) is 6.92 Å². The molecular weight excluding hydrogens is 290 g/mol. The van der Waals surface area contributed by atoms with E-state index in [0.717, 1.165) is 0 Å². The van der Waals surface area contributed by atoms with Gasteiger partial charge in [0.2, 0.25) is 5.91 Å². The molecule has 0 aromatic carbocycles. The molecule has 21 heavy (non-hydrogen) atoms. The number of morpholine rings is 1. The molecule has 2 rings (SSSR count). The first-order chi connectivity index (χ1) is 9.90. The van der Waals surface area contributed by atoms with Crippen molar-refractivity contribution in [3.63, 3.8) is 0 Å². The maximum atomic E-state index is 12.9. The van der Waals surface area contributed by atoms with Crippen LogP contribution in [-0.4, -0.2) is 62.7 Å². The van der Waals surface area contributed by atoms with Crippen LogP contribution in [0.4, 0.5) is 8.78 Å². The van der Waals surface area contributed by atoms with Gasteiger partial charge in [-0.05, 0) is 6.92 Å². The molecule has 0 spiro atoms. The van der Waals surface area contributed by atoms with Crippen LogP contribution < -0.4 is 0 Å². The fourth-order valence-corrected chi connectivity index (χ4v) is 2.08. The molecule has 0 saturated carbocycles. The molecule has 1 saturated heterocycles. The molecule has 0 aliphatic carbocycles. The summed E-state index contributed by atoms with van der Waals surface area (Å²) in [6.45, 7) is 2.39. The van der Waals surface area contributed by atoms with Crippen molar-refractivity contribution in [2.24, 2.45) is 0 Å². The van der Waals surface area contributed by atoms with Gasteiger partial charge in [0.1, 0.15) is 12.2 Å². The topological polar surface area (TPSA) is 97.6 Å². The Bertz CT molecular complexity index is 548. The van der Waals surface area contributed by atoms with Gasteiger partial charge in [-0.3, -0.25) is 4.79 Å². The predicted octanol–water partition coefficient (Wildman–Crippen LogP) is 0.161. The Morgan fingerprint density at radius 3 is 2.81 bits per heavy atom. The molecule has 0 radical (unpaired) electrons. The predicted molar refractivity (Wildman–Crippen MR) is 63.9 cm³/mol. The maximum absolute atomic E-state index is 12.9. The number of aromatic carboxylic acids is 1. The molecule has 1 unspecified atom stereocenters. The van der Waals surface area contributed by atoms with Gasteiger partial charge in [-0.15, -0.1) is 5.10 Å². The van der Waals surface area contributed by atoms with Crippen molar-refractivity contribution in [3.05, 3.63) is 11.4 Å². The third-order valence-corrected chi connectivity index (χ3v) is 3.06. The van der Waals surface area contributed by atoms with Crippen molar-refractivity contribution in [1.29, 1.82) is 0 Å². The molecule has 1 fully saturated rings. The highest BCUT2D eigenvalue weighted by Gasteiger charge is 2.29. The Hall–Kier alpha value is -2.10. The Morgan fingerprint density at radius 1 is 1.52 bits per heavy atom. The van der Waals surface area contributed by atoms with Gasteiger partial charge in [-0.25, -0.2) is 18.3 Å². The highest BCUT2D eigenvalue weighted by molar-refractivity contribution is 5.86. The first-order valence-electron chi connectivity index (χ1n) is 6.24. The van der Waals surface area contributed by atoms with Crippen molar-refractivity contribution < 1.29 is 28.2 Å². The lowest BCUT2D eigenvalue weighted by Crippen LogP contribution is -2.46. The molecule has 1 aromatic rings. The van der Waals surface area contributed by atoms with Gasteiger partial charge < -0.3 is 14.7 Å². The summed E-state index contributed by atoms with van der Waals surface area (Å²) in [6, 6.07) is 0. The monoisotopic (exact) mass is 304 g/mol. The van der Waals surface area contributed by atoms with Gasteiger partial charge in [0.25, 0.3) is 6.43 Å². The molecule has 1 aliphatic heterocycles. The lowest BCUT2D eigenvalue weighted by Gasteiger charge is -2.31. The van der Waals surface area contributed by atoms with E-state index in [-0.39, 0.29) is 6.10 Å². The summed E-state index contributed by atoms with van der Waals surface area (Å²) in [7, 11) is 0. The molecule has 1 N–H and O–H groups in total. The molecule has 1 atom stereocenters. The number of nitrogens with zero attached hydrogens (tertiary/aromatic N) is 4. The normalized spacial score (nSPS) is 19.0. The molecule has 0 bridgehead atoms. The van der Waals surface area contributed by atoms with E-state index in [1.165, 1.54) is 4.90 Å². The number of rotatable bonds is 4. The largest absolute Gasteiger partial charge is 0.476 e. The summed E-state index contributed by atoms with van der Waals surface area (Å²) in [4.78, 5) is 24.3. The minimum Gasteiger partial charge on any atom is -0.476 e. The van der Waals surface area contributed by atoms with Gasteiger partial charge in [0.05, 0.1) is 12.7 Å². The van der Waals surface area contributed by atoms with Crippen LogP contribution in [0, 0.1) is 0 Å². The van der Waals surface area contributed by atoms with Crippen LogP contribution in [0.15, 0.2) is 0 Å². The third-order valence-electron chi connectivity index (χ3n) is 3.06. The molecule has 8 nitrogen and oxygen atoms in total. The minimum atomic E-state index is -3.08. The number of amides is 1. The van der Waals surface area contributed by atoms with E-state index in [0.29, 0.717) is 24.4 Å². The quantitative estimate of drug-likeness (QED) is 0.851. The first-order valence-corrected chi connectivity index (χ1v) is 6.24. The SMILES string of the molecule is CC1CN(C(=O)Cn2nnc(C(=O)O)c2C(F)F)CCO1. The van der Waals surface area contributed by atoms with Gasteiger partial charge >= 0.3 is 5.97 Å². The average molecular weight is 304 g/mol. The van der Waals surface area contributed by atoms with Gasteiger partial charge in [0, 0.05) is 13.1 Å². The van der Waals surface area contributed by atoms with Crippen LogP contribution in [0.25, 0.3) is 0 Å². The molecule has 1 aromatic heterocycles. The highest BCUT2D eigenvalue weighted by atomic mass is 19.3. The second-order valence-corrected chi connectivity index (χ2v) is 4.61. The van der Waals surface area contributed by atoms with E-state index >= 15 is 0 Å². The Morgan fingerprint density at radius 2 is 2.24 bits per heavy atom. The number of carbonyl (C=O) groups is 2. The second-order valence-electron chi connectivity index (χ2n) is 4.61. The lowest BCUT2D eigenvalue weighted by molar-refractivity contribution is -0.139. The smallest absolute Gasteiger partial charge is 0.358 e. The molecule has 1 amide bonds. The number of carboxylic acid groups (broad SMARTS) is 1. The van der Waals surface area contributed by atoms with Crippen LogP contribution >= 0.6 is 0 Å². The summed E-state index contributed by atoms with van der Waals surface area (Å²) < 4.78 is 31.8.